The van der Waals surface area contributed by atoms with E-state index >= 15 is 0 Å². The van der Waals surface area contributed by atoms with Crippen molar-refractivity contribution in [2.24, 2.45) is 0 Å². The number of benzene rings is 2. The second kappa shape index (κ2) is 9.13. The Hall–Kier alpha value is -3.17. The van der Waals surface area contributed by atoms with E-state index in [1.807, 2.05) is 25.1 Å². The number of halogens is 2. The van der Waals surface area contributed by atoms with Gasteiger partial charge >= 0.3 is 13.3 Å². The molecule has 2 aromatic carbocycles. The van der Waals surface area contributed by atoms with Crippen molar-refractivity contribution in [3.63, 3.8) is 0 Å². The maximum Gasteiger partial charge on any atom is 0.397 e. The van der Waals surface area contributed by atoms with E-state index in [1.165, 1.54) is 12.3 Å². The first-order valence-electron chi connectivity index (χ1n) is 10.7. The minimum atomic E-state index is -5.94. The number of hydrogen-bond acceptors (Lipinski definition) is 6. The van der Waals surface area contributed by atoms with Crippen LogP contribution in [0.15, 0.2) is 48.7 Å². The molecular weight excluding hydrogens is 479 g/mol. The van der Waals surface area contributed by atoms with E-state index in [1.54, 1.807) is 19.2 Å². The highest BCUT2D eigenvalue weighted by molar-refractivity contribution is 7.53. The highest BCUT2D eigenvalue weighted by Gasteiger charge is 2.56. The van der Waals surface area contributed by atoms with Crippen LogP contribution in [0.25, 0.3) is 21.8 Å². The van der Waals surface area contributed by atoms with E-state index in [0.717, 1.165) is 35.1 Å². The number of hydrogen-bond donors (Lipinski definition) is 4. The van der Waals surface area contributed by atoms with Gasteiger partial charge in [-0.25, -0.2) is 0 Å². The molecule has 1 unspecified atom stereocenters. The molecule has 0 aliphatic carbocycles. The van der Waals surface area contributed by atoms with Gasteiger partial charge in [0, 0.05) is 27.7 Å². The molecule has 2 heterocycles. The van der Waals surface area contributed by atoms with Gasteiger partial charge in [0.2, 0.25) is 0 Å². The molecule has 0 aliphatic rings. The maximum atomic E-state index is 14.2. The summed E-state index contributed by atoms with van der Waals surface area (Å²) < 4.78 is 44.9. The minimum Gasteiger partial charge on any atom is -0.497 e. The van der Waals surface area contributed by atoms with Crippen LogP contribution >= 0.6 is 7.60 Å². The molecular formula is C24H24F2N3O5P. The van der Waals surface area contributed by atoms with Crippen molar-refractivity contribution >= 4 is 35.1 Å². The number of anilines is 1. The fourth-order valence-electron chi connectivity index (χ4n) is 4.04. The molecule has 0 aliphatic heterocycles. The normalized spacial score (nSPS) is 13.3. The second-order valence-corrected chi connectivity index (χ2v) is 9.97. The Bertz CT molecular complexity index is 1480. The van der Waals surface area contributed by atoms with Crippen molar-refractivity contribution in [1.29, 1.82) is 0 Å². The first-order valence-corrected chi connectivity index (χ1v) is 12.3. The van der Waals surface area contributed by atoms with E-state index in [-0.39, 0.29) is 16.6 Å². The average molecular weight is 503 g/mol. The predicted octanol–water partition coefficient (Wildman–Crippen LogP) is 4.27. The van der Waals surface area contributed by atoms with Crippen LogP contribution in [-0.2, 0) is 17.4 Å². The van der Waals surface area contributed by atoms with Crippen molar-refractivity contribution in [2.45, 2.75) is 31.5 Å². The number of aryl methyl sites for hydroxylation is 3. The Balaban J connectivity index is 1.71. The Morgan fingerprint density at radius 2 is 1.89 bits per heavy atom. The van der Waals surface area contributed by atoms with E-state index in [0.29, 0.717) is 17.3 Å². The summed E-state index contributed by atoms with van der Waals surface area (Å²) in [4.78, 5) is 26.9. The van der Waals surface area contributed by atoms with Gasteiger partial charge in [-0.1, -0.05) is 18.2 Å². The van der Waals surface area contributed by atoms with Gasteiger partial charge in [-0.05, 0) is 55.2 Å². The zero-order chi connectivity index (χ0) is 25.5. The first-order chi connectivity index (χ1) is 16.4. The van der Waals surface area contributed by atoms with Crippen molar-refractivity contribution in [3.05, 3.63) is 71.0 Å². The molecule has 4 aromatic rings. The van der Waals surface area contributed by atoms with Gasteiger partial charge in [0.1, 0.15) is 5.75 Å². The summed E-state index contributed by atoms with van der Waals surface area (Å²) in [6.45, 7) is 2.01. The molecule has 11 heteroatoms. The minimum absolute atomic E-state index is 0.0819. The van der Waals surface area contributed by atoms with E-state index in [9.17, 15) is 18.5 Å². The Morgan fingerprint density at radius 1 is 1.14 bits per heavy atom. The van der Waals surface area contributed by atoms with Crippen molar-refractivity contribution < 1.29 is 33.0 Å². The summed E-state index contributed by atoms with van der Waals surface area (Å²) in [5, 5.41) is 11.0. The molecule has 0 fully saturated rings. The standard InChI is InChI=1S/C24H24F2N3O5P/c1-13-11-16(34-2)7-4-14(13)3-5-15-6-8-17-20(29-15)12-28-22-18(9-10-19(27)21(17)22)23(30)24(25,26)35(31,32)33/h4,6-12,23,30H,3,5,27H2,1-2H3,(H2,31,32,33). The first kappa shape index (κ1) is 24.9. The smallest absolute Gasteiger partial charge is 0.397 e. The Morgan fingerprint density at radius 3 is 2.54 bits per heavy atom. The summed E-state index contributed by atoms with van der Waals surface area (Å²) in [6.07, 6.45) is -0.0309. The van der Waals surface area contributed by atoms with E-state index in [4.69, 9.17) is 20.3 Å². The number of aliphatic hydroxyl groups is 1. The van der Waals surface area contributed by atoms with Crippen molar-refractivity contribution in [2.75, 3.05) is 12.8 Å². The summed E-state index contributed by atoms with van der Waals surface area (Å²) in [7, 11) is -4.32. The largest absolute Gasteiger partial charge is 0.497 e. The molecule has 0 spiro atoms. The number of nitrogens with zero attached hydrogens (tertiary/aromatic N) is 2. The molecule has 0 saturated carbocycles. The van der Waals surface area contributed by atoms with Crippen LogP contribution in [0.4, 0.5) is 14.5 Å². The highest BCUT2D eigenvalue weighted by atomic mass is 31.2. The lowest BCUT2D eigenvalue weighted by atomic mass is 9.99. The number of nitrogens with two attached hydrogens (primary N) is 1. The molecule has 2 aromatic heterocycles. The van der Waals surface area contributed by atoms with Gasteiger partial charge in [-0.2, -0.15) is 8.78 Å². The second-order valence-electron chi connectivity index (χ2n) is 8.29. The fraction of sp³-hybridized carbons (Fsp3) is 0.250. The zero-order valence-electron chi connectivity index (χ0n) is 18.9. The summed E-state index contributed by atoms with van der Waals surface area (Å²) in [5.74, 6) is 0.786. The summed E-state index contributed by atoms with van der Waals surface area (Å²) >= 11 is 0. The average Bonchev–Trinajstić information content (AvgIpc) is 2.81. The SMILES string of the molecule is COc1ccc(CCc2ccc3c(cnc4c(C(O)C(F)(F)P(=O)(O)O)ccc(N)c43)n2)c(C)c1. The van der Waals surface area contributed by atoms with Gasteiger partial charge in [0.15, 0.2) is 6.10 Å². The molecule has 35 heavy (non-hydrogen) atoms. The lowest BCUT2D eigenvalue weighted by Crippen LogP contribution is -2.26. The van der Waals surface area contributed by atoms with E-state index in [2.05, 4.69) is 9.97 Å². The monoisotopic (exact) mass is 503 g/mol. The number of alkyl halides is 2. The van der Waals surface area contributed by atoms with Crippen LogP contribution < -0.4 is 10.5 Å². The van der Waals surface area contributed by atoms with Gasteiger partial charge in [0.05, 0.1) is 24.3 Å². The maximum absolute atomic E-state index is 14.2. The van der Waals surface area contributed by atoms with Crippen LogP contribution in [0, 0.1) is 6.92 Å². The highest BCUT2D eigenvalue weighted by Crippen LogP contribution is 2.59. The lowest BCUT2D eigenvalue weighted by molar-refractivity contribution is -0.0600. The number of fused-ring (bicyclic) bond motifs is 3. The van der Waals surface area contributed by atoms with Gasteiger partial charge in [-0.3, -0.25) is 14.5 Å². The third kappa shape index (κ3) is 4.58. The number of ether oxygens (including phenoxy) is 1. The molecule has 4 rings (SSSR count). The van der Waals surface area contributed by atoms with Crippen molar-refractivity contribution in [1.82, 2.24) is 9.97 Å². The van der Waals surface area contributed by atoms with Crippen molar-refractivity contribution in [3.8, 4) is 5.75 Å². The van der Waals surface area contributed by atoms with Gasteiger partial charge < -0.3 is 25.4 Å². The fourth-order valence-corrected chi connectivity index (χ4v) is 4.50. The van der Waals surface area contributed by atoms with Crippen LogP contribution in [-0.4, -0.2) is 37.6 Å². The summed E-state index contributed by atoms with van der Waals surface area (Å²) in [6, 6.07) is 11.8. The summed E-state index contributed by atoms with van der Waals surface area (Å²) in [5.41, 5.74) is 4.59. The molecule has 184 valence electrons. The van der Waals surface area contributed by atoms with Gasteiger partial charge in [-0.15, -0.1) is 0 Å². The van der Waals surface area contributed by atoms with Gasteiger partial charge in [0.25, 0.3) is 0 Å². The third-order valence-electron chi connectivity index (χ3n) is 6.02. The molecule has 5 N–H and O–H groups in total. The number of aromatic nitrogens is 2. The molecule has 0 amide bonds. The van der Waals surface area contributed by atoms with Crippen LogP contribution in [0.1, 0.15) is 28.5 Å². The third-order valence-corrected chi connectivity index (χ3v) is 7.04. The Labute approximate surface area is 199 Å². The lowest BCUT2D eigenvalue weighted by Gasteiger charge is -2.24. The number of nitrogen functional groups attached to an aromatic ring is 1. The zero-order valence-corrected chi connectivity index (χ0v) is 19.8. The predicted molar refractivity (Wildman–Crippen MR) is 129 cm³/mol. The van der Waals surface area contributed by atoms with Crippen LogP contribution in [0.3, 0.4) is 0 Å². The molecule has 8 nitrogen and oxygen atoms in total. The quantitative estimate of drug-likeness (QED) is 0.167. The molecule has 0 saturated heterocycles. The molecule has 1 atom stereocenters. The van der Waals surface area contributed by atoms with E-state index < -0.39 is 24.9 Å². The Kier molecular flexibility index (Phi) is 6.50. The van der Waals surface area contributed by atoms with Crippen LogP contribution in [0.5, 0.6) is 5.75 Å². The number of aliphatic hydroxyl groups excluding tert-OH is 1. The molecule has 0 bridgehead atoms. The number of methoxy groups -OCH3 is 1. The number of rotatable bonds is 7. The topological polar surface area (TPSA) is 139 Å². The van der Waals surface area contributed by atoms with Crippen LogP contribution in [0.2, 0.25) is 0 Å². The molecule has 0 radical (unpaired) electrons. The number of pyridine rings is 2.